The molecule has 130 valence electrons. The van der Waals surface area contributed by atoms with Gasteiger partial charge in [-0.05, 0) is 45.4 Å². The maximum atomic E-state index is 12.4. The van der Waals surface area contributed by atoms with E-state index in [2.05, 4.69) is 20.4 Å². The molecule has 0 fully saturated rings. The summed E-state index contributed by atoms with van der Waals surface area (Å²) in [5.41, 5.74) is 3.22. The number of nitrogens with zero attached hydrogens (tertiary/aromatic N) is 3. The molecule has 0 aliphatic heterocycles. The minimum atomic E-state index is -0.272. The number of H-pyrrole nitrogens is 1. The number of amides is 1. The first-order chi connectivity index (χ1) is 11.9. The highest BCUT2D eigenvalue weighted by Gasteiger charge is 2.13. The van der Waals surface area contributed by atoms with Crippen molar-refractivity contribution in [1.82, 2.24) is 25.1 Å². The van der Waals surface area contributed by atoms with E-state index in [1.165, 1.54) is 6.20 Å². The van der Waals surface area contributed by atoms with Gasteiger partial charge < -0.3 is 10.3 Å². The summed E-state index contributed by atoms with van der Waals surface area (Å²) in [6, 6.07) is 3.84. The third-order valence-corrected chi connectivity index (χ3v) is 4.10. The molecule has 0 unspecified atom stereocenters. The fourth-order valence-corrected chi connectivity index (χ4v) is 2.81. The zero-order valence-corrected chi connectivity index (χ0v) is 14.8. The van der Waals surface area contributed by atoms with Crippen LogP contribution in [-0.2, 0) is 6.54 Å². The normalized spacial score (nSPS) is 11.2. The molecule has 3 heterocycles. The van der Waals surface area contributed by atoms with Gasteiger partial charge in [-0.3, -0.25) is 9.59 Å². The number of fused-ring (bicyclic) bond motifs is 1. The summed E-state index contributed by atoms with van der Waals surface area (Å²) >= 11 is 0. The molecular formula is C18H21N5O2. The van der Waals surface area contributed by atoms with Crippen LogP contribution in [0.4, 0.5) is 0 Å². The minimum absolute atomic E-state index is 0.170. The first-order valence-corrected chi connectivity index (χ1v) is 8.17. The Bertz CT molecular complexity index is 1000. The molecule has 7 heteroatoms. The van der Waals surface area contributed by atoms with Crippen LogP contribution in [0.5, 0.6) is 0 Å². The predicted molar refractivity (Wildman–Crippen MR) is 95.6 cm³/mol. The summed E-state index contributed by atoms with van der Waals surface area (Å²) in [4.78, 5) is 31.5. The molecule has 0 bridgehead atoms. The molecule has 1 amide bonds. The Balaban J connectivity index is 1.80. The van der Waals surface area contributed by atoms with Crippen molar-refractivity contribution in [2.75, 3.05) is 0 Å². The van der Waals surface area contributed by atoms with E-state index in [0.29, 0.717) is 11.1 Å². The Hall–Kier alpha value is -2.96. The van der Waals surface area contributed by atoms with Gasteiger partial charge in [0.15, 0.2) is 5.65 Å². The predicted octanol–water partition coefficient (Wildman–Crippen LogP) is 2.25. The molecule has 3 aromatic rings. The number of aryl methyl sites for hydroxylation is 2. The van der Waals surface area contributed by atoms with Gasteiger partial charge >= 0.3 is 0 Å². The van der Waals surface area contributed by atoms with E-state index in [0.717, 1.165) is 22.3 Å². The molecule has 0 atom stereocenters. The lowest BCUT2D eigenvalue weighted by atomic mass is 10.1. The number of aromatic amines is 1. The monoisotopic (exact) mass is 339 g/mol. The van der Waals surface area contributed by atoms with Crippen molar-refractivity contribution in [2.45, 2.75) is 40.3 Å². The van der Waals surface area contributed by atoms with Crippen LogP contribution >= 0.6 is 0 Å². The largest absolute Gasteiger partial charge is 0.348 e. The van der Waals surface area contributed by atoms with Crippen molar-refractivity contribution in [1.29, 1.82) is 0 Å². The number of nitrogens with one attached hydrogen (secondary N) is 2. The van der Waals surface area contributed by atoms with Crippen LogP contribution in [0.15, 0.2) is 29.3 Å². The van der Waals surface area contributed by atoms with Crippen LogP contribution in [-0.4, -0.2) is 25.7 Å². The Morgan fingerprint density at radius 1 is 1.28 bits per heavy atom. The van der Waals surface area contributed by atoms with Crippen LogP contribution in [0.1, 0.15) is 47.1 Å². The quantitative estimate of drug-likeness (QED) is 0.762. The van der Waals surface area contributed by atoms with Gasteiger partial charge in [-0.1, -0.05) is 0 Å². The van der Waals surface area contributed by atoms with E-state index in [4.69, 9.17) is 0 Å². The Kier molecular flexibility index (Phi) is 4.39. The van der Waals surface area contributed by atoms with Gasteiger partial charge in [0.05, 0.1) is 11.8 Å². The van der Waals surface area contributed by atoms with E-state index >= 15 is 0 Å². The average molecular weight is 339 g/mol. The Labute approximate surface area is 145 Å². The van der Waals surface area contributed by atoms with Gasteiger partial charge in [-0.15, -0.1) is 0 Å². The van der Waals surface area contributed by atoms with Crippen molar-refractivity contribution < 1.29 is 4.79 Å². The zero-order valence-electron chi connectivity index (χ0n) is 14.8. The topological polar surface area (TPSA) is 92.7 Å². The summed E-state index contributed by atoms with van der Waals surface area (Å²) in [7, 11) is 0. The summed E-state index contributed by atoms with van der Waals surface area (Å²) in [6.07, 6.45) is 3.23. The second-order valence-electron chi connectivity index (χ2n) is 6.45. The van der Waals surface area contributed by atoms with Crippen molar-refractivity contribution in [3.05, 3.63) is 57.3 Å². The summed E-state index contributed by atoms with van der Waals surface area (Å²) in [5, 5.41) is 7.89. The van der Waals surface area contributed by atoms with Crippen LogP contribution < -0.4 is 10.9 Å². The molecule has 2 N–H and O–H groups in total. The fourth-order valence-electron chi connectivity index (χ4n) is 2.81. The van der Waals surface area contributed by atoms with Crippen molar-refractivity contribution in [3.63, 3.8) is 0 Å². The van der Waals surface area contributed by atoms with Crippen molar-refractivity contribution >= 4 is 16.9 Å². The molecule has 3 aromatic heterocycles. The molecule has 7 nitrogen and oxygen atoms in total. The van der Waals surface area contributed by atoms with Gasteiger partial charge in [-0.2, -0.15) is 5.10 Å². The number of hydrogen-bond donors (Lipinski definition) is 2. The number of carbonyl (C=O) groups excluding carboxylic acids is 1. The Morgan fingerprint density at radius 2 is 2.04 bits per heavy atom. The third-order valence-electron chi connectivity index (χ3n) is 4.10. The molecule has 0 aliphatic carbocycles. The van der Waals surface area contributed by atoms with E-state index in [-0.39, 0.29) is 24.1 Å². The van der Waals surface area contributed by atoms with E-state index in [1.54, 1.807) is 12.3 Å². The van der Waals surface area contributed by atoms with Gasteiger partial charge in [0.25, 0.3) is 11.5 Å². The molecule has 3 rings (SSSR count). The lowest BCUT2D eigenvalue weighted by Gasteiger charge is -2.09. The molecule has 0 saturated heterocycles. The van der Waals surface area contributed by atoms with Gasteiger partial charge in [-0.25, -0.2) is 9.67 Å². The Morgan fingerprint density at radius 3 is 2.72 bits per heavy atom. The molecule has 0 saturated carbocycles. The highest BCUT2D eigenvalue weighted by Crippen LogP contribution is 2.16. The summed E-state index contributed by atoms with van der Waals surface area (Å²) < 4.78 is 1.81. The first-order valence-electron chi connectivity index (χ1n) is 8.17. The summed E-state index contributed by atoms with van der Waals surface area (Å²) in [5.74, 6) is -0.272. The smallest absolute Gasteiger partial charge is 0.253 e. The van der Waals surface area contributed by atoms with Gasteiger partial charge in [0.2, 0.25) is 0 Å². The lowest BCUT2D eigenvalue weighted by Crippen LogP contribution is -2.28. The lowest BCUT2D eigenvalue weighted by molar-refractivity contribution is 0.0950. The first kappa shape index (κ1) is 16.9. The van der Waals surface area contributed by atoms with E-state index in [9.17, 15) is 9.59 Å². The van der Waals surface area contributed by atoms with Crippen LogP contribution in [0.25, 0.3) is 11.0 Å². The molecule has 0 radical (unpaired) electrons. The second-order valence-corrected chi connectivity index (χ2v) is 6.45. The van der Waals surface area contributed by atoms with Crippen LogP contribution in [0.3, 0.4) is 0 Å². The van der Waals surface area contributed by atoms with Crippen molar-refractivity contribution in [3.8, 4) is 0 Å². The highest BCUT2D eigenvalue weighted by molar-refractivity contribution is 5.96. The highest BCUT2D eigenvalue weighted by atomic mass is 16.1. The number of aromatic nitrogens is 4. The van der Waals surface area contributed by atoms with E-state index < -0.39 is 0 Å². The van der Waals surface area contributed by atoms with Crippen molar-refractivity contribution in [2.24, 2.45) is 0 Å². The van der Waals surface area contributed by atoms with Crippen LogP contribution in [0, 0.1) is 13.8 Å². The SMILES string of the molecule is Cc1cc(C)c(CNC(=O)c2cnc3c(cnn3C(C)C)c2)c(=O)[nH]1. The standard InChI is InChI=1S/C18H21N5O2/c1-10(2)23-16-13(8-21-23)6-14(7-19-16)17(24)20-9-15-11(3)5-12(4)22-18(15)25/h5-8,10H,9H2,1-4H3,(H,20,24)(H,22,25). The van der Waals surface area contributed by atoms with Gasteiger partial charge in [0.1, 0.15) is 0 Å². The fraction of sp³-hybridized carbons (Fsp3) is 0.333. The average Bonchev–Trinajstić information content (AvgIpc) is 2.96. The molecule has 0 spiro atoms. The molecule has 25 heavy (non-hydrogen) atoms. The molecule has 0 aromatic carbocycles. The maximum Gasteiger partial charge on any atom is 0.253 e. The minimum Gasteiger partial charge on any atom is -0.348 e. The van der Waals surface area contributed by atoms with Crippen LogP contribution in [0.2, 0.25) is 0 Å². The maximum absolute atomic E-state index is 12.4. The number of pyridine rings is 2. The molecular weight excluding hydrogens is 318 g/mol. The summed E-state index contributed by atoms with van der Waals surface area (Å²) in [6.45, 7) is 7.91. The van der Waals surface area contributed by atoms with E-state index in [1.807, 2.05) is 38.4 Å². The number of rotatable bonds is 4. The third kappa shape index (κ3) is 3.31. The number of hydrogen-bond acceptors (Lipinski definition) is 4. The molecule has 0 aliphatic rings. The zero-order chi connectivity index (χ0) is 18.1. The van der Waals surface area contributed by atoms with Gasteiger partial charge in [0, 0.05) is 35.4 Å². The second kappa shape index (κ2) is 6.51. The number of carbonyl (C=O) groups is 1.